The molecule has 5 nitrogen and oxygen atoms in total. The highest BCUT2D eigenvalue weighted by atomic mass is 16.3. The van der Waals surface area contributed by atoms with Crippen LogP contribution in [0.4, 0.5) is 0 Å². The van der Waals surface area contributed by atoms with E-state index in [4.69, 9.17) is 5.73 Å². The van der Waals surface area contributed by atoms with Crippen molar-refractivity contribution in [3.05, 3.63) is 70.1 Å². The molecule has 0 radical (unpaired) electrons. The van der Waals surface area contributed by atoms with Crippen LogP contribution in [-0.2, 0) is 0 Å². The number of carbonyl (C=O) groups excluding carboxylic acids is 1. The zero-order valence-electron chi connectivity index (χ0n) is 10.2. The highest BCUT2D eigenvalue weighted by Gasteiger charge is 2.16. The molecule has 0 fully saturated rings. The maximum Gasteiger partial charge on any atom is 0.264 e. The van der Waals surface area contributed by atoms with Gasteiger partial charge < -0.3 is 15.4 Å². The van der Waals surface area contributed by atoms with Crippen LogP contribution in [0.5, 0.6) is 0 Å². The first-order valence-electron chi connectivity index (χ1n) is 5.82. The van der Waals surface area contributed by atoms with Crippen LogP contribution < -0.4 is 11.3 Å². The summed E-state index contributed by atoms with van der Waals surface area (Å²) in [6.07, 6.45) is 1.53. The largest absolute Gasteiger partial charge is 0.394 e. The molecule has 1 atom stereocenters. The second-order valence-electron chi connectivity index (χ2n) is 4.11. The molecule has 2 aromatic rings. The molecule has 0 spiro atoms. The number of nitrogens with two attached hydrogens (primary N) is 1. The lowest BCUT2D eigenvalue weighted by Crippen LogP contribution is -2.33. The van der Waals surface area contributed by atoms with Crippen molar-refractivity contribution < 1.29 is 9.90 Å². The Hall–Kier alpha value is -2.40. The third-order valence-electron chi connectivity index (χ3n) is 2.93. The Morgan fingerprint density at radius 3 is 2.47 bits per heavy atom. The second-order valence-corrected chi connectivity index (χ2v) is 4.11. The molecule has 2 rings (SSSR count). The summed E-state index contributed by atoms with van der Waals surface area (Å²) in [7, 11) is 0. The summed E-state index contributed by atoms with van der Waals surface area (Å²) < 4.78 is 1.31. The molecule has 0 aliphatic rings. The summed E-state index contributed by atoms with van der Waals surface area (Å²) in [4.78, 5) is 23.3. The van der Waals surface area contributed by atoms with Gasteiger partial charge in [0.25, 0.3) is 11.5 Å². The van der Waals surface area contributed by atoms with Crippen molar-refractivity contribution in [3.8, 4) is 0 Å². The lowest BCUT2D eigenvalue weighted by Gasteiger charge is -2.18. The van der Waals surface area contributed by atoms with Gasteiger partial charge in [0.15, 0.2) is 0 Å². The molecule has 0 bridgehead atoms. The van der Waals surface area contributed by atoms with Crippen molar-refractivity contribution in [2.45, 2.75) is 6.04 Å². The molecule has 3 N–H and O–H groups in total. The SMILES string of the molecule is NC(=O)c1cccn([C@@H](CO)c2ccccc2)c1=O. The third-order valence-corrected chi connectivity index (χ3v) is 2.93. The number of pyridine rings is 1. The minimum absolute atomic E-state index is 0.0862. The van der Waals surface area contributed by atoms with E-state index in [1.165, 1.54) is 16.8 Å². The van der Waals surface area contributed by atoms with Gasteiger partial charge in [0.2, 0.25) is 0 Å². The molecule has 0 aliphatic carbocycles. The topological polar surface area (TPSA) is 85.3 Å². The lowest BCUT2D eigenvalue weighted by molar-refractivity contribution is 0.0997. The van der Waals surface area contributed by atoms with E-state index in [0.29, 0.717) is 0 Å². The van der Waals surface area contributed by atoms with Crippen LogP contribution in [0.2, 0.25) is 0 Å². The van der Waals surface area contributed by atoms with Crippen LogP contribution in [-0.4, -0.2) is 22.2 Å². The number of aromatic nitrogens is 1. The molecule has 0 saturated carbocycles. The van der Waals surface area contributed by atoms with Crippen molar-refractivity contribution in [3.63, 3.8) is 0 Å². The first-order chi connectivity index (χ1) is 9.15. The van der Waals surface area contributed by atoms with Gasteiger partial charge in [-0.25, -0.2) is 0 Å². The van der Waals surface area contributed by atoms with Crippen LogP contribution in [0.1, 0.15) is 22.0 Å². The molecular formula is C14H14N2O3. The predicted octanol–water partition coefficient (Wildman–Crippen LogP) is 0.529. The van der Waals surface area contributed by atoms with Crippen molar-refractivity contribution in [1.29, 1.82) is 0 Å². The fraction of sp³-hybridized carbons (Fsp3) is 0.143. The quantitative estimate of drug-likeness (QED) is 0.838. The van der Waals surface area contributed by atoms with Gasteiger partial charge in [-0.3, -0.25) is 9.59 Å². The normalized spacial score (nSPS) is 12.1. The summed E-state index contributed by atoms with van der Waals surface area (Å²) in [5.74, 6) is -0.774. The van der Waals surface area contributed by atoms with E-state index < -0.39 is 17.5 Å². The summed E-state index contributed by atoms with van der Waals surface area (Å²) >= 11 is 0. The van der Waals surface area contributed by atoms with Gasteiger partial charge in [0, 0.05) is 6.20 Å². The van der Waals surface area contributed by atoms with Crippen LogP contribution in [0, 0.1) is 0 Å². The summed E-state index contributed by atoms with van der Waals surface area (Å²) in [5, 5.41) is 9.51. The third kappa shape index (κ3) is 2.56. The Morgan fingerprint density at radius 1 is 1.21 bits per heavy atom. The standard InChI is InChI=1S/C14H14N2O3/c15-13(18)11-7-4-8-16(14(11)19)12(9-17)10-5-2-1-3-6-10/h1-8,12,17H,9H2,(H2,15,18)/t12-/m0/s1. The molecule has 19 heavy (non-hydrogen) atoms. The number of primary amides is 1. The average Bonchev–Trinajstić information content (AvgIpc) is 2.42. The maximum absolute atomic E-state index is 12.1. The number of carbonyl (C=O) groups is 1. The van der Waals surface area contributed by atoms with E-state index in [1.807, 2.05) is 30.3 Å². The molecule has 0 unspecified atom stereocenters. The minimum Gasteiger partial charge on any atom is -0.394 e. The van der Waals surface area contributed by atoms with Crippen molar-refractivity contribution >= 4 is 5.91 Å². The van der Waals surface area contributed by atoms with E-state index >= 15 is 0 Å². The number of aliphatic hydroxyl groups is 1. The van der Waals surface area contributed by atoms with Crippen LogP contribution in [0.15, 0.2) is 53.5 Å². The van der Waals surface area contributed by atoms with Gasteiger partial charge in [0.1, 0.15) is 5.56 Å². The Kier molecular flexibility index (Phi) is 3.77. The molecule has 0 aliphatic heterocycles. The number of benzene rings is 1. The van der Waals surface area contributed by atoms with E-state index in [0.717, 1.165) is 5.56 Å². The number of aliphatic hydroxyl groups excluding tert-OH is 1. The molecule has 0 saturated heterocycles. The summed E-state index contributed by atoms with van der Waals surface area (Å²) in [5.41, 5.74) is 5.35. The minimum atomic E-state index is -0.774. The summed E-state index contributed by atoms with van der Waals surface area (Å²) in [6.45, 7) is -0.244. The first kappa shape index (κ1) is 13.0. The fourth-order valence-corrected chi connectivity index (χ4v) is 1.97. The maximum atomic E-state index is 12.1. The molecule has 98 valence electrons. The van der Waals surface area contributed by atoms with Gasteiger partial charge in [0.05, 0.1) is 12.6 Å². The monoisotopic (exact) mass is 258 g/mol. The van der Waals surface area contributed by atoms with E-state index in [2.05, 4.69) is 0 Å². The number of hydrogen-bond donors (Lipinski definition) is 2. The Morgan fingerprint density at radius 2 is 1.89 bits per heavy atom. The van der Waals surface area contributed by atoms with Gasteiger partial charge in [-0.05, 0) is 17.7 Å². The van der Waals surface area contributed by atoms with Gasteiger partial charge in [-0.2, -0.15) is 0 Å². The second kappa shape index (κ2) is 5.49. The Labute approximate surface area is 109 Å². The average molecular weight is 258 g/mol. The van der Waals surface area contributed by atoms with Crippen LogP contribution in [0.25, 0.3) is 0 Å². The van der Waals surface area contributed by atoms with Crippen molar-refractivity contribution in [1.82, 2.24) is 4.57 Å². The Bertz CT molecular complexity index is 635. The van der Waals surface area contributed by atoms with Gasteiger partial charge in [-0.15, -0.1) is 0 Å². The van der Waals surface area contributed by atoms with Crippen LogP contribution in [0.3, 0.4) is 0 Å². The van der Waals surface area contributed by atoms with Crippen molar-refractivity contribution in [2.75, 3.05) is 6.61 Å². The van der Waals surface area contributed by atoms with Gasteiger partial charge in [-0.1, -0.05) is 30.3 Å². The zero-order valence-corrected chi connectivity index (χ0v) is 10.2. The zero-order chi connectivity index (χ0) is 13.8. The molecule has 1 aromatic heterocycles. The fourth-order valence-electron chi connectivity index (χ4n) is 1.97. The first-order valence-corrected chi connectivity index (χ1v) is 5.82. The number of rotatable bonds is 4. The lowest BCUT2D eigenvalue weighted by atomic mass is 10.1. The highest BCUT2D eigenvalue weighted by Crippen LogP contribution is 2.15. The van der Waals surface area contributed by atoms with Crippen LogP contribution >= 0.6 is 0 Å². The number of nitrogens with zero attached hydrogens (tertiary/aromatic N) is 1. The van der Waals surface area contributed by atoms with Crippen molar-refractivity contribution in [2.24, 2.45) is 5.73 Å². The smallest absolute Gasteiger partial charge is 0.264 e. The highest BCUT2D eigenvalue weighted by molar-refractivity contribution is 5.92. The molecular weight excluding hydrogens is 244 g/mol. The van der Waals surface area contributed by atoms with Gasteiger partial charge >= 0.3 is 0 Å². The molecule has 5 heteroatoms. The molecule has 1 aromatic carbocycles. The number of hydrogen-bond acceptors (Lipinski definition) is 3. The molecule has 1 amide bonds. The summed E-state index contributed by atoms with van der Waals surface area (Å²) in [6, 6.07) is 11.5. The van der Waals surface area contributed by atoms with E-state index in [1.54, 1.807) is 6.07 Å². The molecule has 1 heterocycles. The van der Waals surface area contributed by atoms with E-state index in [-0.39, 0.29) is 12.2 Å². The number of amides is 1. The Balaban J connectivity index is 2.54. The van der Waals surface area contributed by atoms with E-state index in [9.17, 15) is 14.7 Å². The predicted molar refractivity (Wildman–Crippen MR) is 70.9 cm³/mol.